The molecule has 0 aliphatic carbocycles. The van der Waals surface area contributed by atoms with Crippen molar-refractivity contribution < 1.29 is 0 Å². The highest BCUT2D eigenvalue weighted by molar-refractivity contribution is 4.39. The molecule has 0 bridgehead atoms. The van der Waals surface area contributed by atoms with Gasteiger partial charge in [0.2, 0.25) is 0 Å². The van der Waals surface area contributed by atoms with Crippen LogP contribution < -0.4 is 5.84 Å². The number of nitrogens with zero attached hydrogens (tertiary/aromatic N) is 4. The van der Waals surface area contributed by atoms with Crippen molar-refractivity contribution in [2.75, 3.05) is 13.7 Å². The minimum absolute atomic E-state index is 0.219. The Morgan fingerprint density at radius 2 is 2.57 bits per heavy atom. The van der Waals surface area contributed by atoms with E-state index in [1.54, 1.807) is 7.05 Å². The van der Waals surface area contributed by atoms with E-state index in [0.717, 1.165) is 0 Å². The number of rotatable bonds is 2. The predicted octanol–water partition coefficient (Wildman–Crippen LogP) is 0.0597. The number of hydrogen-bond donors (Lipinski definition) is 1. The Morgan fingerprint density at radius 1 is 2.00 bits per heavy atom. The molecule has 0 spiro atoms. The molecule has 0 aromatic heterocycles. The largest absolute Gasteiger partial charge is 0.269 e. The van der Waals surface area contributed by atoms with Crippen LogP contribution in [0.15, 0.2) is 5.11 Å². The van der Waals surface area contributed by atoms with E-state index in [0.29, 0.717) is 0 Å². The second-order valence-electron chi connectivity index (χ2n) is 1.13. The topological polar surface area (TPSA) is 78.0 Å². The maximum absolute atomic E-state index is 7.69. The summed E-state index contributed by atoms with van der Waals surface area (Å²) in [6.07, 6.45) is 0. The van der Waals surface area contributed by atoms with Gasteiger partial charge in [0.15, 0.2) is 0 Å². The SMILES string of the molecule is CN(N)CN=[N+]=[N-]. The fourth-order valence-electron chi connectivity index (χ4n) is 0.128. The first-order valence-electron chi connectivity index (χ1n) is 1.74. The molecule has 0 amide bonds. The maximum Gasteiger partial charge on any atom is 0.0913 e. The molecule has 5 heteroatoms. The molecule has 0 fully saturated rings. The number of hydrazine groups is 1. The van der Waals surface area contributed by atoms with Crippen molar-refractivity contribution in [3.63, 3.8) is 0 Å². The first kappa shape index (κ1) is 6.23. The van der Waals surface area contributed by atoms with Crippen LogP contribution in [0.3, 0.4) is 0 Å². The third kappa shape index (κ3) is 5.23. The molecule has 0 rings (SSSR count). The van der Waals surface area contributed by atoms with Gasteiger partial charge >= 0.3 is 0 Å². The van der Waals surface area contributed by atoms with Crippen molar-refractivity contribution in [2.24, 2.45) is 11.0 Å². The molecule has 0 aromatic carbocycles. The van der Waals surface area contributed by atoms with Gasteiger partial charge in [-0.3, -0.25) is 5.84 Å². The molecule has 40 valence electrons. The summed E-state index contributed by atoms with van der Waals surface area (Å²) in [5.74, 6) is 5.05. The van der Waals surface area contributed by atoms with Gasteiger partial charge in [-0.2, -0.15) is 0 Å². The van der Waals surface area contributed by atoms with Crippen LogP contribution in [0.5, 0.6) is 0 Å². The molecule has 2 N–H and O–H groups in total. The summed E-state index contributed by atoms with van der Waals surface area (Å²) < 4.78 is 0. The molecule has 0 unspecified atom stereocenters. The van der Waals surface area contributed by atoms with Crippen molar-refractivity contribution in [1.29, 1.82) is 0 Å². The minimum Gasteiger partial charge on any atom is -0.269 e. The second kappa shape index (κ2) is 3.42. The van der Waals surface area contributed by atoms with E-state index in [2.05, 4.69) is 10.0 Å². The molecular weight excluding hydrogens is 94.1 g/mol. The summed E-state index contributed by atoms with van der Waals surface area (Å²) in [5.41, 5.74) is 7.69. The Labute approximate surface area is 41.3 Å². The summed E-state index contributed by atoms with van der Waals surface area (Å²) in [7, 11) is 1.62. The Balaban J connectivity index is 3.13. The fourth-order valence-corrected chi connectivity index (χ4v) is 0.128. The van der Waals surface area contributed by atoms with Gasteiger partial charge in [-0.1, -0.05) is 5.11 Å². The number of nitrogens with two attached hydrogens (primary N) is 1. The maximum atomic E-state index is 7.69. The smallest absolute Gasteiger partial charge is 0.0913 e. The van der Waals surface area contributed by atoms with E-state index in [1.165, 1.54) is 5.01 Å². The molecule has 0 aliphatic heterocycles. The summed E-state index contributed by atoms with van der Waals surface area (Å²) in [6.45, 7) is 0.219. The van der Waals surface area contributed by atoms with E-state index in [9.17, 15) is 0 Å². The van der Waals surface area contributed by atoms with Crippen molar-refractivity contribution in [3.8, 4) is 0 Å². The van der Waals surface area contributed by atoms with E-state index < -0.39 is 0 Å². The van der Waals surface area contributed by atoms with Crippen LogP contribution in [-0.2, 0) is 0 Å². The van der Waals surface area contributed by atoms with Gasteiger partial charge < -0.3 is 0 Å². The molecule has 0 saturated heterocycles. The lowest BCUT2D eigenvalue weighted by atomic mass is 11.0. The minimum atomic E-state index is 0.219. The third-order valence-corrected chi connectivity index (χ3v) is 0.350. The van der Waals surface area contributed by atoms with E-state index in [4.69, 9.17) is 11.4 Å². The number of hydrogen-bond acceptors (Lipinski definition) is 3. The van der Waals surface area contributed by atoms with E-state index in [1.807, 2.05) is 0 Å². The molecule has 5 nitrogen and oxygen atoms in total. The standard InChI is InChI=1S/C2H7N5/c1-7(4)2-5-6-3/h2,4H2,1H3. The lowest BCUT2D eigenvalue weighted by Crippen LogP contribution is -2.25. The van der Waals surface area contributed by atoms with Crippen LogP contribution in [0.1, 0.15) is 0 Å². The van der Waals surface area contributed by atoms with Crippen LogP contribution >= 0.6 is 0 Å². The van der Waals surface area contributed by atoms with Gasteiger partial charge in [-0.15, -0.1) is 0 Å². The van der Waals surface area contributed by atoms with Gasteiger partial charge in [-0.05, 0) is 5.53 Å². The zero-order chi connectivity index (χ0) is 5.70. The van der Waals surface area contributed by atoms with Crippen LogP contribution in [0.25, 0.3) is 10.4 Å². The van der Waals surface area contributed by atoms with Gasteiger partial charge in [0.05, 0.1) is 6.67 Å². The first-order valence-corrected chi connectivity index (χ1v) is 1.74. The fraction of sp³-hybridized carbons (Fsp3) is 1.00. The molecule has 0 saturated carbocycles. The average molecular weight is 101 g/mol. The normalized spacial score (nSPS) is 8.43. The zero-order valence-corrected chi connectivity index (χ0v) is 4.07. The predicted molar refractivity (Wildman–Crippen MR) is 26.0 cm³/mol. The van der Waals surface area contributed by atoms with E-state index in [-0.39, 0.29) is 6.67 Å². The molecule has 0 aromatic rings. The highest BCUT2D eigenvalue weighted by Crippen LogP contribution is 1.69. The van der Waals surface area contributed by atoms with Crippen molar-refractivity contribution in [2.45, 2.75) is 0 Å². The summed E-state index contributed by atoms with van der Waals surface area (Å²) in [5, 5.41) is 4.44. The molecule has 0 heterocycles. The van der Waals surface area contributed by atoms with Crippen LogP contribution in [-0.4, -0.2) is 18.7 Å². The molecule has 0 radical (unpaired) electrons. The summed E-state index contributed by atoms with van der Waals surface area (Å²) >= 11 is 0. The average Bonchev–Trinajstić information content (AvgIpc) is 1.61. The van der Waals surface area contributed by atoms with Crippen LogP contribution in [0.2, 0.25) is 0 Å². The molecule has 7 heavy (non-hydrogen) atoms. The Hall–Kier alpha value is -0.770. The van der Waals surface area contributed by atoms with Crippen molar-refractivity contribution >= 4 is 0 Å². The monoisotopic (exact) mass is 101 g/mol. The lowest BCUT2D eigenvalue weighted by Gasteiger charge is -2.00. The second-order valence-corrected chi connectivity index (χ2v) is 1.13. The Kier molecular flexibility index (Phi) is 3.04. The quantitative estimate of drug-likeness (QED) is 0.175. The molecular formula is C2H7N5. The summed E-state index contributed by atoms with van der Waals surface area (Å²) in [4.78, 5) is 2.48. The van der Waals surface area contributed by atoms with Gasteiger partial charge in [0.1, 0.15) is 0 Å². The van der Waals surface area contributed by atoms with Gasteiger partial charge in [-0.25, -0.2) is 5.01 Å². The first-order chi connectivity index (χ1) is 3.27. The Morgan fingerprint density at radius 3 is 2.71 bits per heavy atom. The third-order valence-electron chi connectivity index (χ3n) is 0.350. The van der Waals surface area contributed by atoms with Gasteiger partial charge in [0.25, 0.3) is 0 Å². The molecule has 0 aliphatic rings. The summed E-state index contributed by atoms with van der Waals surface area (Å²) in [6, 6.07) is 0. The van der Waals surface area contributed by atoms with Gasteiger partial charge in [0, 0.05) is 12.0 Å². The van der Waals surface area contributed by atoms with Crippen LogP contribution in [0.4, 0.5) is 0 Å². The lowest BCUT2D eigenvalue weighted by molar-refractivity contribution is 0.360. The highest BCUT2D eigenvalue weighted by atomic mass is 15.4. The van der Waals surface area contributed by atoms with E-state index >= 15 is 0 Å². The highest BCUT2D eigenvalue weighted by Gasteiger charge is 1.78. The molecule has 0 atom stereocenters. The van der Waals surface area contributed by atoms with Crippen molar-refractivity contribution in [3.05, 3.63) is 10.4 Å². The number of azide groups is 1. The van der Waals surface area contributed by atoms with Crippen LogP contribution in [0, 0.1) is 0 Å². The van der Waals surface area contributed by atoms with Crippen molar-refractivity contribution in [1.82, 2.24) is 5.01 Å². The Bertz CT molecular complexity index is 80.1. The zero-order valence-electron chi connectivity index (χ0n) is 4.07.